The zero-order valence-electron chi connectivity index (χ0n) is 10.8. The van der Waals surface area contributed by atoms with Crippen molar-refractivity contribution in [3.05, 3.63) is 29.6 Å². The third kappa shape index (κ3) is 3.29. The van der Waals surface area contributed by atoms with Gasteiger partial charge in [0.15, 0.2) is 0 Å². The van der Waals surface area contributed by atoms with Crippen LogP contribution in [0.25, 0.3) is 0 Å². The summed E-state index contributed by atoms with van der Waals surface area (Å²) in [7, 11) is 0. The third-order valence-corrected chi connectivity index (χ3v) is 3.50. The molecule has 1 saturated carbocycles. The predicted molar refractivity (Wildman–Crippen MR) is 69.3 cm³/mol. The number of hydrogen-bond donors (Lipinski definition) is 2. The fraction of sp³-hybridized carbons (Fsp3) is 0.571. The molecule has 0 aromatic carbocycles. The topological polar surface area (TPSA) is 62.2 Å². The molecule has 1 aliphatic rings. The van der Waals surface area contributed by atoms with Gasteiger partial charge in [-0.05, 0) is 31.4 Å². The second-order valence-corrected chi connectivity index (χ2v) is 5.22. The molecular weight excluding hydrogens is 228 g/mol. The van der Waals surface area contributed by atoms with Crippen LogP contribution in [0, 0.1) is 6.92 Å². The van der Waals surface area contributed by atoms with Crippen LogP contribution in [0.3, 0.4) is 0 Å². The van der Waals surface area contributed by atoms with Crippen LogP contribution in [0.15, 0.2) is 18.5 Å². The Balaban J connectivity index is 1.92. The summed E-state index contributed by atoms with van der Waals surface area (Å²) in [4.78, 5) is 15.9. The van der Waals surface area contributed by atoms with E-state index >= 15 is 0 Å². The molecule has 1 aromatic rings. The number of aryl methyl sites for hydroxylation is 1. The number of carbonyl (C=O) groups excluding carboxylic acids is 1. The van der Waals surface area contributed by atoms with Gasteiger partial charge in [-0.3, -0.25) is 9.78 Å². The largest absolute Gasteiger partial charge is 0.388 e. The molecule has 2 N–H and O–H groups in total. The number of aliphatic hydroxyl groups is 1. The first kappa shape index (κ1) is 13.0. The summed E-state index contributed by atoms with van der Waals surface area (Å²) < 4.78 is 0. The third-order valence-electron chi connectivity index (χ3n) is 3.50. The summed E-state index contributed by atoms with van der Waals surface area (Å²) in [6.45, 7) is 2.23. The number of nitrogens with one attached hydrogen (secondary N) is 1. The van der Waals surface area contributed by atoms with Crippen LogP contribution in [0.2, 0.25) is 0 Å². The maximum Gasteiger partial charge on any atom is 0.252 e. The minimum atomic E-state index is -0.717. The lowest BCUT2D eigenvalue weighted by Gasteiger charge is -2.32. The molecule has 98 valence electrons. The summed E-state index contributed by atoms with van der Waals surface area (Å²) in [5.41, 5.74) is 0.791. The van der Waals surface area contributed by atoms with E-state index in [4.69, 9.17) is 0 Å². The normalized spacial score (nSPS) is 18.3. The number of pyridine rings is 1. The summed E-state index contributed by atoms with van der Waals surface area (Å²) >= 11 is 0. The maximum absolute atomic E-state index is 11.9. The summed E-state index contributed by atoms with van der Waals surface area (Å²) in [5.74, 6) is -0.162. The van der Waals surface area contributed by atoms with Crippen LogP contribution in [-0.4, -0.2) is 28.1 Å². The van der Waals surface area contributed by atoms with Gasteiger partial charge in [0, 0.05) is 18.9 Å². The summed E-state index contributed by atoms with van der Waals surface area (Å²) in [6.07, 6.45) is 8.08. The van der Waals surface area contributed by atoms with Gasteiger partial charge in [0.25, 0.3) is 5.91 Å². The Labute approximate surface area is 107 Å². The van der Waals surface area contributed by atoms with E-state index in [1.54, 1.807) is 18.5 Å². The molecule has 1 fully saturated rings. The first-order valence-corrected chi connectivity index (χ1v) is 6.51. The monoisotopic (exact) mass is 248 g/mol. The number of aromatic nitrogens is 1. The Hall–Kier alpha value is -1.42. The van der Waals surface area contributed by atoms with Gasteiger partial charge in [-0.15, -0.1) is 0 Å². The van der Waals surface area contributed by atoms with E-state index in [-0.39, 0.29) is 5.91 Å². The van der Waals surface area contributed by atoms with Crippen LogP contribution < -0.4 is 5.32 Å². The van der Waals surface area contributed by atoms with E-state index < -0.39 is 5.60 Å². The van der Waals surface area contributed by atoms with Gasteiger partial charge in [-0.1, -0.05) is 19.3 Å². The first-order chi connectivity index (χ1) is 8.59. The number of hydrogen-bond acceptors (Lipinski definition) is 3. The second kappa shape index (κ2) is 5.48. The Morgan fingerprint density at radius 3 is 2.78 bits per heavy atom. The molecule has 2 rings (SSSR count). The van der Waals surface area contributed by atoms with Crippen LogP contribution in [0.1, 0.15) is 48.0 Å². The van der Waals surface area contributed by atoms with Crippen molar-refractivity contribution in [1.82, 2.24) is 10.3 Å². The molecule has 0 atom stereocenters. The molecule has 0 bridgehead atoms. The molecule has 0 radical (unpaired) electrons. The first-order valence-electron chi connectivity index (χ1n) is 6.51. The SMILES string of the molecule is Cc1cncc(C(=O)NCC2(O)CCCCC2)c1. The minimum absolute atomic E-state index is 0.162. The number of carbonyl (C=O) groups is 1. The van der Waals surface area contributed by atoms with Gasteiger partial charge in [0.2, 0.25) is 0 Å². The maximum atomic E-state index is 11.9. The molecule has 18 heavy (non-hydrogen) atoms. The lowest BCUT2D eigenvalue weighted by Crippen LogP contribution is -2.44. The Morgan fingerprint density at radius 1 is 1.39 bits per heavy atom. The lowest BCUT2D eigenvalue weighted by atomic mass is 9.85. The van der Waals surface area contributed by atoms with Crippen molar-refractivity contribution in [1.29, 1.82) is 0 Å². The zero-order valence-corrected chi connectivity index (χ0v) is 10.8. The van der Waals surface area contributed by atoms with E-state index in [1.807, 2.05) is 6.92 Å². The van der Waals surface area contributed by atoms with Crippen LogP contribution in [0.4, 0.5) is 0 Å². The molecule has 0 saturated heterocycles. The molecule has 0 aliphatic heterocycles. The van der Waals surface area contributed by atoms with E-state index in [0.717, 1.165) is 31.2 Å². The average molecular weight is 248 g/mol. The lowest BCUT2D eigenvalue weighted by molar-refractivity contribution is 0.00525. The van der Waals surface area contributed by atoms with Crippen molar-refractivity contribution in [3.63, 3.8) is 0 Å². The highest BCUT2D eigenvalue weighted by atomic mass is 16.3. The quantitative estimate of drug-likeness (QED) is 0.857. The standard InChI is InChI=1S/C14H20N2O2/c1-11-7-12(9-15-8-11)13(17)16-10-14(18)5-3-2-4-6-14/h7-9,18H,2-6,10H2,1H3,(H,16,17). The van der Waals surface area contributed by atoms with Gasteiger partial charge < -0.3 is 10.4 Å². The highest BCUT2D eigenvalue weighted by Gasteiger charge is 2.29. The molecule has 0 unspecified atom stereocenters. The molecule has 4 nitrogen and oxygen atoms in total. The Bertz CT molecular complexity index is 426. The van der Waals surface area contributed by atoms with Gasteiger partial charge in [-0.2, -0.15) is 0 Å². The van der Waals surface area contributed by atoms with Crippen LogP contribution >= 0.6 is 0 Å². The number of rotatable bonds is 3. The van der Waals surface area contributed by atoms with Crippen LogP contribution in [-0.2, 0) is 0 Å². The smallest absolute Gasteiger partial charge is 0.252 e. The molecule has 1 aromatic heterocycles. The predicted octanol–water partition coefficient (Wildman–Crippen LogP) is 1.82. The molecule has 0 spiro atoms. The molecular formula is C14H20N2O2. The Morgan fingerprint density at radius 2 is 2.11 bits per heavy atom. The highest BCUT2D eigenvalue weighted by molar-refractivity contribution is 5.94. The second-order valence-electron chi connectivity index (χ2n) is 5.22. The molecule has 1 aliphatic carbocycles. The van der Waals surface area contributed by atoms with E-state index in [9.17, 15) is 9.90 Å². The van der Waals surface area contributed by atoms with Crippen molar-refractivity contribution in [2.45, 2.75) is 44.6 Å². The molecule has 1 amide bonds. The van der Waals surface area contributed by atoms with E-state index in [0.29, 0.717) is 12.1 Å². The van der Waals surface area contributed by atoms with Gasteiger partial charge in [0.1, 0.15) is 0 Å². The van der Waals surface area contributed by atoms with E-state index in [1.165, 1.54) is 6.42 Å². The Kier molecular flexibility index (Phi) is 3.97. The number of nitrogens with zero attached hydrogens (tertiary/aromatic N) is 1. The van der Waals surface area contributed by atoms with Gasteiger partial charge in [0.05, 0.1) is 11.2 Å². The number of amides is 1. The van der Waals surface area contributed by atoms with Gasteiger partial charge in [-0.25, -0.2) is 0 Å². The van der Waals surface area contributed by atoms with Gasteiger partial charge >= 0.3 is 0 Å². The van der Waals surface area contributed by atoms with Crippen molar-refractivity contribution < 1.29 is 9.90 Å². The fourth-order valence-corrected chi connectivity index (χ4v) is 2.41. The molecule has 1 heterocycles. The fourth-order valence-electron chi connectivity index (χ4n) is 2.41. The van der Waals surface area contributed by atoms with Crippen LogP contribution in [0.5, 0.6) is 0 Å². The zero-order chi connectivity index (χ0) is 13.0. The highest BCUT2D eigenvalue weighted by Crippen LogP contribution is 2.27. The van der Waals surface area contributed by atoms with Crippen molar-refractivity contribution in [3.8, 4) is 0 Å². The van der Waals surface area contributed by atoms with Crippen molar-refractivity contribution in [2.75, 3.05) is 6.54 Å². The van der Waals surface area contributed by atoms with Crippen molar-refractivity contribution >= 4 is 5.91 Å². The summed E-state index contributed by atoms with van der Waals surface area (Å²) in [6, 6.07) is 1.80. The minimum Gasteiger partial charge on any atom is -0.388 e. The van der Waals surface area contributed by atoms with Crippen molar-refractivity contribution in [2.24, 2.45) is 0 Å². The van der Waals surface area contributed by atoms with E-state index in [2.05, 4.69) is 10.3 Å². The summed E-state index contributed by atoms with van der Waals surface area (Å²) in [5, 5.41) is 13.1. The average Bonchev–Trinajstić information content (AvgIpc) is 2.37. The molecule has 4 heteroatoms.